The molecule has 5 nitrogen and oxygen atoms in total. The quantitative estimate of drug-likeness (QED) is 0.814. The van der Waals surface area contributed by atoms with E-state index >= 15 is 0 Å². The molecule has 1 aliphatic heterocycles. The highest BCUT2D eigenvalue weighted by atomic mass is 16.6. The predicted molar refractivity (Wildman–Crippen MR) is 116 cm³/mol. The maximum atomic E-state index is 12.5. The number of rotatable bonds is 4. The number of nitrogens with zero attached hydrogens (tertiary/aromatic N) is 1. The summed E-state index contributed by atoms with van der Waals surface area (Å²) in [4.78, 5) is 14.2. The van der Waals surface area contributed by atoms with Crippen LogP contribution in [0.15, 0.2) is 42.5 Å². The lowest BCUT2D eigenvalue weighted by Gasteiger charge is -2.28. The van der Waals surface area contributed by atoms with Crippen LogP contribution in [0.1, 0.15) is 38.3 Å². The summed E-state index contributed by atoms with van der Waals surface area (Å²) in [7, 11) is 0. The average molecular weight is 397 g/mol. The van der Waals surface area contributed by atoms with Crippen molar-refractivity contribution in [2.24, 2.45) is 5.73 Å². The topological polar surface area (TPSA) is 64.8 Å². The minimum absolute atomic E-state index is 0.0555. The van der Waals surface area contributed by atoms with Crippen molar-refractivity contribution in [3.63, 3.8) is 0 Å². The summed E-state index contributed by atoms with van der Waals surface area (Å²) in [5, 5.41) is 0. The van der Waals surface area contributed by atoms with E-state index in [2.05, 4.69) is 38.1 Å². The highest BCUT2D eigenvalue weighted by molar-refractivity contribution is 5.72. The summed E-state index contributed by atoms with van der Waals surface area (Å²) in [5.74, 6) is 0.810. The first-order valence-electron chi connectivity index (χ1n) is 10.2. The molecule has 2 aromatic rings. The van der Waals surface area contributed by atoms with Gasteiger partial charge in [0.2, 0.25) is 0 Å². The van der Waals surface area contributed by atoms with Crippen LogP contribution < -0.4 is 10.5 Å². The fourth-order valence-corrected chi connectivity index (χ4v) is 3.91. The van der Waals surface area contributed by atoms with E-state index in [1.807, 2.05) is 39.0 Å². The number of benzene rings is 2. The second-order valence-electron chi connectivity index (χ2n) is 8.89. The maximum absolute atomic E-state index is 12.5. The Morgan fingerprint density at radius 3 is 2.34 bits per heavy atom. The number of likely N-dealkylation sites (tertiary alicyclic amines) is 1. The van der Waals surface area contributed by atoms with Gasteiger partial charge in [-0.05, 0) is 75.4 Å². The smallest absolute Gasteiger partial charge is 0.410 e. The first-order chi connectivity index (χ1) is 13.6. The largest absolute Gasteiger partial charge is 0.491 e. The first-order valence-corrected chi connectivity index (χ1v) is 10.2. The minimum atomic E-state index is -0.531. The van der Waals surface area contributed by atoms with Crippen LogP contribution in [0.3, 0.4) is 0 Å². The number of nitrogens with two attached hydrogens (primary N) is 1. The van der Waals surface area contributed by atoms with Crippen molar-refractivity contribution in [3.05, 3.63) is 53.6 Å². The standard InChI is InChI=1S/C24H32N2O3/c1-16-11-21(12-17(2)22(16)18-9-7-6-8-10-18)28-15-20-13-19(25)14-26(20)23(27)29-24(3,4)5/h6-12,19-20H,13-15,25H2,1-5H3/t19-,20-/m0/s1. The van der Waals surface area contributed by atoms with Gasteiger partial charge in [-0.1, -0.05) is 30.3 Å². The number of ether oxygens (including phenoxy) is 2. The highest BCUT2D eigenvalue weighted by Gasteiger charge is 2.36. The molecule has 1 fully saturated rings. The molecule has 2 N–H and O–H groups in total. The molecule has 0 aromatic heterocycles. The number of carbonyl (C=O) groups excluding carboxylic acids is 1. The van der Waals surface area contributed by atoms with Gasteiger partial charge >= 0.3 is 6.09 Å². The Morgan fingerprint density at radius 1 is 1.14 bits per heavy atom. The van der Waals surface area contributed by atoms with Gasteiger partial charge in [0.25, 0.3) is 0 Å². The van der Waals surface area contributed by atoms with E-state index in [-0.39, 0.29) is 18.2 Å². The van der Waals surface area contributed by atoms with Gasteiger partial charge in [0.1, 0.15) is 18.0 Å². The predicted octanol–water partition coefficient (Wildman–Crippen LogP) is 4.69. The number of aryl methyl sites for hydroxylation is 2. The van der Waals surface area contributed by atoms with E-state index in [0.29, 0.717) is 19.6 Å². The van der Waals surface area contributed by atoms with E-state index in [1.54, 1.807) is 4.90 Å². The van der Waals surface area contributed by atoms with Crippen LogP contribution in [0.25, 0.3) is 11.1 Å². The normalized spacial score (nSPS) is 19.3. The van der Waals surface area contributed by atoms with E-state index in [0.717, 1.165) is 5.75 Å². The Kier molecular flexibility index (Phi) is 6.18. The van der Waals surface area contributed by atoms with E-state index in [1.165, 1.54) is 22.3 Å². The molecule has 0 aliphatic carbocycles. The van der Waals surface area contributed by atoms with Gasteiger partial charge in [0, 0.05) is 12.6 Å². The van der Waals surface area contributed by atoms with Gasteiger partial charge < -0.3 is 20.1 Å². The van der Waals surface area contributed by atoms with Crippen LogP contribution in [0.5, 0.6) is 5.75 Å². The molecule has 0 saturated carbocycles. The van der Waals surface area contributed by atoms with Crippen molar-refractivity contribution >= 4 is 6.09 Å². The average Bonchev–Trinajstić information content (AvgIpc) is 3.00. The molecule has 5 heteroatoms. The Balaban J connectivity index is 1.71. The van der Waals surface area contributed by atoms with Gasteiger partial charge in [0.05, 0.1) is 6.04 Å². The number of carbonyl (C=O) groups is 1. The second kappa shape index (κ2) is 8.46. The fraction of sp³-hybridized carbons (Fsp3) is 0.458. The summed E-state index contributed by atoms with van der Waals surface area (Å²) >= 11 is 0. The number of hydrogen-bond donors (Lipinski definition) is 1. The zero-order chi connectivity index (χ0) is 21.2. The van der Waals surface area contributed by atoms with E-state index in [4.69, 9.17) is 15.2 Å². The lowest BCUT2D eigenvalue weighted by molar-refractivity contribution is 0.0186. The van der Waals surface area contributed by atoms with Crippen LogP contribution in [-0.2, 0) is 4.74 Å². The summed E-state index contributed by atoms with van der Waals surface area (Å²) in [6.07, 6.45) is 0.380. The second-order valence-corrected chi connectivity index (χ2v) is 8.89. The van der Waals surface area contributed by atoms with Gasteiger partial charge in [-0.15, -0.1) is 0 Å². The molecule has 0 spiro atoms. The zero-order valence-electron chi connectivity index (χ0n) is 18.1. The molecule has 3 rings (SSSR count). The molecule has 2 atom stereocenters. The number of amides is 1. The molecular formula is C24H32N2O3. The Hall–Kier alpha value is -2.53. The summed E-state index contributed by atoms with van der Waals surface area (Å²) < 4.78 is 11.6. The van der Waals surface area contributed by atoms with Gasteiger partial charge in [-0.25, -0.2) is 4.79 Å². The maximum Gasteiger partial charge on any atom is 0.410 e. The molecule has 0 bridgehead atoms. The molecule has 0 unspecified atom stereocenters. The monoisotopic (exact) mass is 396 g/mol. The van der Waals surface area contributed by atoms with Crippen LogP contribution in [0.4, 0.5) is 4.79 Å². The van der Waals surface area contributed by atoms with Crippen LogP contribution >= 0.6 is 0 Å². The van der Waals surface area contributed by atoms with Crippen LogP contribution in [0, 0.1) is 13.8 Å². The summed E-state index contributed by atoms with van der Waals surface area (Å²) in [5.41, 5.74) is 10.3. The van der Waals surface area contributed by atoms with Crippen molar-refractivity contribution in [1.29, 1.82) is 0 Å². The van der Waals surface area contributed by atoms with E-state index < -0.39 is 5.60 Å². The van der Waals surface area contributed by atoms with Gasteiger partial charge in [0.15, 0.2) is 0 Å². The van der Waals surface area contributed by atoms with E-state index in [9.17, 15) is 4.79 Å². The Morgan fingerprint density at radius 2 is 1.76 bits per heavy atom. The first kappa shape index (κ1) is 21.2. The molecular weight excluding hydrogens is 364 g/mol. The summed E-state index contributed by atoms with van der Waals surface area (Å²) in [6.45, 7) is 10.7. The molecule has 1 heterocycles. The third-order valence-electron chi connectivity index (χ3n) is 5.09. The fourth-order valence-electron chi connectivity index (χ4n) is 3.91. The molecule has 29 heavy (non-hydrogen) atoms. The lowest BCUT2D eigenvalue weighted by atomic mass is 9.95. The third-order valence-corrected chi connectivity index (χ3v) is 5.09. The Labute approximate surface area is 173 Å². The summed E-state index contributed by atoms with van der Waals surface area (Å²) in [6, 6.07) is 14.3. The molecule has 1 saturated heterocycles. The van der Waals surface area contributed by atoms with Crippen molar-refractivity contribution in [2.75, 3.05) is 13.2 Å². The van der Waals surface area contributed by atoms with Crippen molar-refractivity contribution in [1.82, 2.24) is 4.90 Å². The van der Waals surface area contributed by atoms with Gasteiger partial charge in [-0.3, -0.25) is 0 Å². The third kappa shape index (κ3) is 5.30. The number of hydrogen-bond acceptors (Lipinski definition) is 4. The van der Waals surface area contributed by atoms with Crippen molar-refractivity contribution in [3.8, 4) is 16.9 Å². The molecule has 0 radical (unpaired) electrons. The van der Waals surface area contributed by atoms with Crippen LogP contribution in [-0.4, -0.2) is 41.8 Å². The highest BCUT2D eigenvalue weighted by Crippen LogP contribution is 2.31. The molecule has 156 valence electrons. The Bertz CT molecular complexity index is 835. The van der Waals surface area contributed by atoms with Crippen molar-refractivity contribution < 1.29 is 14.3 Å². The van der Waals surface area contributed by atoms with Gasteiger partial charge in [-0.2, -0.15) is 0 Å². The molecule has 1 amide bonds. The van der Waals surface area contributed by atoms with Crippen LogP contribution in [0.2, 0.25) is 0 Å². The minimum Gasteiger partial charge on any atom is -0.491 e. The SMILES string of the molecule is Cc1cc(OC[C@@H]2C[C@H](N)CN2C(=O)OC(C)(C)C)cc(C)c1-c1ccccc1. The molecule has 2 aromatic carbocycles. The van der Waals surface area contributed by atoms with Crippen molar-refractivity contribution in [2.45, 2.75) is 58.7 Å². The molecule has 1 aliphatic rings. The zero-order valence-corrected chi connectivity index (χ0v) is 18.1. The lowest BCUT2D eigenvalue weighted by Crippen LogP contribution is -2.42.